The summed E-state index contributed by atoms with van der Waals surface area (Å²) < 4.78 is 44.5. The molecule has 1 fully saturated rings. The summed E-state index contributed by atoms with van der Waals surface area (Å²) in [6, 6.07) is 5.46. The molecule has 0 bridgehead atoms. The standard InChI is InChI=1S/C15H20FNO5S/c1-21-13-5-11(6-14(8-13)22-2)3-4-17-9-12(7-15(17)18)10-23(16,19)20/h5-6,8,12H,3-4,7,9-10H2,1-2H3. The van der Waals surface area contributed by atoms with Crippen LogP contribution in [-0.2, 0) is 21.4 Å². The fraction of sp³-hybridized carbons (Fsp3) is 0.533. The summed E-state index contributed by atoms with van der Waals surface area (Å²) in [4.78, 5) is 13.5. The summed E-state index contributed by atoms with van der Waals surface area (Å²) in [5.74, 6) is 0.107. The van der Waals surface area contributed by atoms with Gasteiger partial charge in [0.25, 0.3) is 0 Å². The second kappa shape index (κ2) is 7.16. The van der Waals surface area contributed by atoms with E-state index in [0.29, 0.717) is 24.5 Å². The lowest BCUT2D eigenvalue weighted by Crippen LogP contribution is -2.28. The van der Waals surface area contributed by atoms with Crippen molar-refractivity contribution in [2.75, 3.05) is 33.1 Å². The van der Waals surface area contributed by atoms with E-state index in [0.717, 1.165) is 5.56 Å². The van der Waals surface area contributed by atoms with Crippen molar-refractivity contribution < 1.29 is 26.6 Å². The summed E-state index contributed by atoms with van der Waals surface area (Å²) in [5.41, 5.74) is 0.940. The molecule has 6 nitrogen and oxygen atoms in total. The topological polar surface area (TPSA) is 72.9 Å². The summed E-state index contributed by atoms with van der Waals surface area (Å²) in [7, 11) is -1.43. The predicted molar refractivity (Wildman–Crippen MR) is 82.8 cm³/mol. The molecule has 1 aliphatic heterocycles. The summed E-state index contributed by atoms with van der Waals surface area (Å²) in [6.07, 6.45) is 0.652. The lowest BCUT2D eigenvalue weighted by atomic mass is 10.1. The first-order chi connectivity index (χ1) is 10.8. The molecule has 23 heavy (non-hydrogen) atoms. The van der Waals surface area contributed by atoms with E-state index in [9.17, 15) is 17.1 Å². The van der Waals surface area contributed by atoms with E-state index < -0.39 is 21.9 Å². The van der Waals surface area contributed by atoms with Gasteiger partial charge < -0.3 is 14.4 Å². The molecule has 128 valence electrons. The number of hydrogen-bond donors (Lipinski definition) is 0. The molecule has 1 aliphatic rings. The highest BCUT2D eigenvalue weighted by Gasteiger charge is 2.32. The highest BCUT2D eigenvalue weighted by Crippen LogP contribution is 2.24. The van der Waals surface area contributed by atoms with Crippen LogP contribution in [0.4, 0.5) is 3.89 Å². The minimum absolute atomic E-state index is 0.0740. The molecule has 1 amide bonds. The SMILES string of the molecule is COc1cc(CCN2CC(CS(=O)(=O)F)CC2=O)cc(OC)c1. The van der Waals surface area contributed by atoms with E-state index in [2.05, 4.69) is 0 Å². The molecule has 1 unspecified atom stereocenters. The Kier molecular flexibility index (Phi) is 5.46. The van der Waals surface area contributed by atoms with Crippen molar-refractivity contribution in [3.63, 3.8) is 0 Å². The fourth-order valence-corrected chi connectivity index (χ4v) is 3.52. The van der Waals surface area contributed by atoms with E-state index in [-0.39, 0.29) is 18.9 Å². The maximum atomic E-state index is 12.7. The Morgan fingerprint density at radius 2 is 1.83 bits per heavy atom. The van der Waals surface area contributed by atoms with Crippen LogP contribution in [0.2, 0.25) is 0 Å². The quantitative estimate of drug-likeness (QED) is 0.699. The number of likely N-dealkylation sites (tertiary alicyclic amines) is 1. The van der Waals surface area contributed by atoms with Gasteiger partial charge in [0, 0.05) is 31.5 Å². The first-order valence-corrected chi connectivity index (χ1v) is 8.78. The van der Waals surface area contributed by atoms with Crippen molar-refractivity contribution in [3.8, 4) is 11.5 Å². The van der Waals surface area contributed by atoms with Gasteiger partial charge in [-0.2, -0.15) is 8.42 Å². The Bertz CT molecular complexity index is 654. The summed E-state index contributed by atoms with van der Waals surface area (Å²) in [6.45, 7) is 0.709. The van der Waals surface area contributed by atoms with E-state index in [1.807, 2.05) is 12.1 Å². The molecule has 0 aliphatic carbocycles. The van der Waals surface area contributed by atoms with Crippen LogP contribution in [0.1, 0.15) is 12.0 Å². The van der Waals surface area contributed by atoms with E-state index in [1.54, 1.807) is 25.2 Å². The van der Waals surface area contributed by atoms with Crippen LogP contribution in [0, 0.1) is 5.92 Å². The number of ether oxygens (including phenoxy) is 2. The molecule has 0 N–H and O–H groups in total. The number of carbonyl (C=O) groups excluding carboxylic acids is 1. The Labute approximate surface area is 135 Å². The van der Waals surface area contributed by atoms with Crippen LogP contribution in [0.3, 0.4) is 0 Å². The maximum absolute atomic E-state index is 12.7. The van der Waals surface area contributed by atoms with Crippen LogP contribution >= 0.6 is 0 Å². The van der Waals surface area contributed by atoms with Gasteiger partial charge in [-0.25, -0.2) is 0 Å². The van der Waals surface area contributed by atoms with Gasteiger partial charge in [-0.15, -0.1) is 3.89 Å². The zero-order chi connectivity index (χ0) is 17.0. The van der Waals surface area contributed by atoms with E-state index >= 15 is 0 Å². The smallest absolute Gasteiger partial charge is 0.302 e. The third-order valence-electron chi connectivity index (χ3n) is 3.81. The minimum Gasteiger partial charge on any atom is -0.497 e. The molecular formula is C15H20FNO5S. The molecule has 1 saturated heterocycles. The second-order valence-corrected chi connectivity index (χ2v) is 7.00. The average molecular weight is 345 g/mol. The van der Waals surface area contributed by atoms with Crippen molar-refractivity contribution in [2.45, 2.75) is 12.8 Å². The normalized spacial score (nSPS) is 18.3. The van der Waals surface area contributed by atoms with E-state index in [1.165, 1.54) is 0 Å². The second-order valence-electron chi connectivity index (χ2n) is 5.59. The number of amides is 1. The molecule has 1 aromatic carbocycles. The first-order valence-electron chi connectivity index (χ1n) is 7.23. The Hall–Kier alpha value is -1.83. The number of carbonyl (C=O) groups is 1. The van der Waals surface area contributed by atoms with Gasteiger partial charge in [-0.1, -0.05) is 0 Å². The zero-order valence-corrected chi connectivity index (χ0v) is 13.9. The molecule has 1 heterocycles. The van der Waals surface area contributed by atoms with Gasteiger partial charge >= 0.3 is 10.2 Å². The molecule has 8 heteroatoms. The number of halogens is 1. The summed E-state index contributed by atoms with van der Waals surface area (Å²) >= 11 is 0. The molecule has 0 radical (unpaired) electrons. The molecule has 1 atom stereocenters. The molecule has 1 aromatic rings. The average Bonchev–Trinajstić information content (AvgIpc) is 2.82. The number of methoxy groups -OCH3 is 2. The highest BCUT2D eigenvalue weighted by molar-refractivity contribution is 7.86. The minimum atomic E-state index is -4.55. The Morgan fingerprint density at radius 1 is 1.22 bits per heavy atom. The number of hydrogen-bond acceptors (Lipinski definition) is 5. The lowest BCUT2D eigenvalue weighted by molar-refractivity contribution is -0.127. The van der Waals surface area contributed by atoms with Crippen LogP contribution in [0.5, 0.6) is 11.5 Å². The van der Waals surface area contributed by atoms with Gasteiger partial charge in [0.1, 0.15) is 11.5 Å². The molecular weight excluding hydrogens is 325 g/mol. The third-order valence-corrected chi connectivity index (χ3v) is 4.68. The van der Waals surface area contributed by atoms with Crippen molar-refractivity contribution in [2.24, 2.45) is 5.92 Å². The van der Waals surface area contributed by atoms with Crippen molar-refractivity contribution >= 4 is 16.1 Å². The largest absolute Gasteiger partial charge is 0.497 e. The van der Waals surface area contributed by atoms with Gasteiger partial charge in [0.15, 0.2) is 0 Å². The van der Waals surface area contributed by atoms with Crippen LogP contribution in [0.15, 0.2) is 18.2 Å². The number of benzene rings is 1. The lowest BCUT2D eigenvalue weighted by Gasteiger charge is -2.17. The molecule has 0 saturated carbocycles. The van der Waals surface area contributed by atoms with Gasteiger partial charge in [-0.05, 0) is 24.1 Å². The van der Waals surface area contributed by atoms with Crippen molar-refractivity contribution in [1.29, 1.82) is 0 Å². The zero-order valence-electron chi connectivity index (χ0n) is 13.1. The molecule has 2 rings (SSSR count). The monoisotopic (exact) mass is 345 g/mol. The van der Waals surface area contributed by atoms with Crippen molar-refractivity contribution in [1.82, 2.24) is 4.90 Å². The summed E-state index contributed by atoms with van der Waals surface area (Å²) in [5, 5.41) is 0. The Balaban J connectivity index is 1.97. The number of rotatable bonds is 7. The van der Waals surface area contributed by atoms with Crippen molar-refractivity contribution in [3.05, 3.63) is 23.8 Å². The van der Waals surface area contributed by atoms with E-state index in [4.69, 9.17) is 9.47 Å². The van der Waals surface area contributed by atoms with Crippen LogP contribution in [-0.4, -0.2) is 52.3 Å². The fourth-order valence-electron chi connectivity index (χ4n) is 2.74. The van der Waals surface area contributed by atoms with Crippen LogP contribution in [0.25, 0.3) is 0 Å². The molecule has 0 spiro atoms. The predicted octanol–water partition coefficient (Wildman–Crippen LogP) is 1.39. The van der Waals surface area contributed by atoms with Crippen LogP contribution < -0.4 is 9.47 Å². The number of nitrogens with zero attached hydrogens (tertiary/aromatic N) is 1. The third kappa shape index (κ3) is 5.09. The van der Waals surface area contributed by atoms with Gasteiger partial charge in [0.05, 0.1) is 20.0 Å². The van der Waals surface area contributed by atoms with Gasteiger partial charge in [-0.3, -0.25) is 4.79 Å². The maximum Gasteiger partial charge on any atom is 0.302 e. The molecule has 0 aromatic heterocycles. The van der Waals surface area contributed by atoms with Gasteiger partial charge in [0.2, 0.25) is 5.91 Å². The first kappa shape index (κ1) is 17.5. The Morgan fingerprint density at radius 3 is 2.35 bits per heavy atom. The highest BCUT2D eigenvalue weighted by atomic mass is 32.3.